The van der Waals surface area contributed by atoms with Crippen LogP contribution in [0.4, 0.5) is 22.0 Å². The second-order valence-electron chi connectivity index (χ2n) is 11.3. The van der Waals surface area contributed by atoms with Crippen molar-refractivity contribution in [3.05, 3.63) is 47.3 Å². The van der Waals surface area contributed by atoms with Gasteiger partial charge in [-0.25, -0.2) is 12.3 Å². The number of carbonyl (C=O) groups excluding carboxylic acids is 1. The molecule has 0 spiro atoms. The van der Waals surface area contributed by atoms with E-state index < -0.39 is 5.82 Å². The van der Waals surface area contributed by atoms with E-state index in [0.29, 0.717) is 53.6 Å². The summed E-state index contributed by atoms with van der Waals surface area (Å²) in [6.45, 7) is 12.0. The van der Waals surface area contributed by atoms with Gasteiger partial charge in [0.1, 0.15) is 11.3 Å². The number of nitrogens with one attached hydrogen (secondary N) is 1. The van der Waals surface area contributed by atoms with Crippen molar-refractivity contribution < 1.29 is 9.18 Å². The van der Waals surface area contributed by atoms with E-state index in [2.05, 4.69) is 54.6 Å². The van der Waals surface area contributed by atoms with E-state index >= 15 is 4.39 Å². The molecule has 0 bridgehead atoms. The molecule has 4 aromatic rings. The summed E-state index contributed by atoms with van der Waals surface area (Å²) in [6, 6.07) is 5.33. The fraction of sp³-hybridized carbons (Fsp3) is 0.400. The predicted octanol–water partition coefficient (Wildman–Crippen LogP) is 5.50. The fourth-order valence-electron chi connectivity index (χ4n) is 5.78. The van der Waals surface area contributed by atoms with E-state index in [-0.39, 0.29) is 34.1 Å². The Balaban J connectivity index is 1.70. The summed E-state index contributed by atoms with van der Waals surface area (Å²) in [5.41, 5.74) is 8.85. The van der Waals surface area contributed by atoms with E-state index in [1.165, 1.54) is 6.08 Å². The standard InChI is InChI=1S/C30H36ClFIN9O/c1-7-22(43)40-14-18(4)41(15-17(40)3)29-19-13-20(31)24(23-16(2)9-10-21-25(23)28(34)38-42(21)33)26(32)27(19)36-30(37-29)35-11-8-12-39(5)6/h7,9-10,13,17-18H,1,8,11-12,14-15H2,2-6H3,(H2,34,38)(H,35,36,37)/t17-,18+/m1/s1. The maximum absolute atomic E-state index is 16.9. The van der Waals surface area contributed by atoms with E-state index in [4.69, 9.17) is 22.3 Å². The van der Waals surface area contributed by atoms with Crippen LogP contribution in [0.2, 0.25) is 5.02 Å². The van der Waals surface area contributed by atoms with Crippen LogP contribution >= 0.6 is 34.5 Å². The molecule has 13 heteroatoms. The molecule has 2 aromatic carbocycles. The first-order valence-corrected chi connectivity index (χ1v) is 15.5. The van der Waals surface area contributed by atoms with E-state index in [1.807, 2.05) is 47.0 Å². The third-order valence-electron chi connectivity index (χ3n) is 7.94. The molecule has 0 aliphatic carbocycles. The van der Waals surface area contributed by atoms with Crippen molar-refractivity contribution in [1.29, 1.82) is 0 Å². The number of carbonyl (C=O) groups is 1. The Morgan fingerprint density at radius 2 is 2.00 bits per heavy atom. The number of amides is 1. The smallest absolute Gasteiger partial charge is 0.246 e. The van der Waals surface area contributed by atoms with E-state index in [9.17, 15) is 4.79 Å². The highest BCUT2D eigenvalue weighted by molar-refractivity contribution is 14.1. The van der Waals surface area contributed by atoms with Gasteiger partial charge in [-0.05, 0) is 71.6 Å². The number of nitrogens with zero attached hydrogens (tertiary/aromatic N) is 7. The fourth-order valence-corrected chi connectivity index (χ4v) is 6.70. The number of hydrogen-bond acceptors (Lipinski definition) is 8. The molecule has 1 fully saturated rings. The molecule has 2 atom stereocenters. The number of piperazine rings is 1. The molecule has 43 heavy (non-hydrogen) atoms. The average molecular weight is 720 g/mol. The SMILES string of the molecule is C=CC(=O)N1C[C@H](C)N(c2nc(NCCCN(C)C)nc3c(F)c(-c4c(C)ccc5c4c(N)nn5I)c(Cl)cc23)C[C@H]1C. The first-order chi connectivity index (χ1) is 20.4. The number of halogens is 3. The molecule has 10 nitrogen and oxygen atoms in total. The molecule has 3 heterocycles. The largest absolute Gasteiger partial charge is 0.382 e. The predicted molar refractivity (Wildman–Crippen MR) is 182 cm³/mol. The van der Waals surface area contributed by atoms with Gasteiger partial charge in [-0.3, -0.25) is 4.79 Å². The van der Waals surface area contributed by atoms with Gasteiger partial charge in [-0.1, -0.05) is 24.2 Å². The van der Waals surface area contributed by atoms with Crippen LogP contribution in [-0.2, 0) is 4.79 Å². The summed E-state index contributed by atoms with van der Waals surface area (Å²) >= 11 is 8.99. The Morgan fingerprint density at radius 1 is 1.26 bits per heavy atom. The number of hydrogen-bond donors (Lipinski definition) is 2. The van der Waals surface area contributed by atoms with Gasteiger partial charge in [-0.2, -0.15) is 4.98 Å². The molecule has 0 unspecified atom stereocenters. The summed E-state index contributed by atoms with van der Waals surface area (Å²) < 4.78 is 18.6. The van der Waals surface area contributed by atoms with Gasteiger partial charge in [0.05, 0.1) is 38.8 Å². The molecule has 2 aromatic heterocycles. The number of rotatable bonds is 8. The zero-order valence-electron chi connectivity index (χ0n) is 25.0. The minimum Gasteiger partial charge on any atom is -0.382 e. The average Bonchev–Trinajstić information content (AvgIpc) is 3.25. The van der Waals surface area contributed by atoms with Gasteiger partial charge in [0.2, 0.25) is 11.9 Å². The third-order valence-corrected chi connectivity index (χ3v) is 8.97. The second kappa shape index (κ2) is 12.4. The highest BCUT2D eigenvalue weighted by Crippen LogP contribution is 2.44. The second-order valence-corrected chi connectivity index (χ2v) is 12.7. The molecule has 1 aliphatic heterocycles. The van der Waals surface area contributed by atoms with Crippen LogP contribution in [0.15, 0.2) is 30.9 Å². The van der Waals surface area contributed by atoms with Gasteiger partial charge in [0.15, 0.2) is 11.6 Å². The Morgan fingerprint density at radius 3 is 2.70 bits per heavy atom. The number of anilines is 3. The molecule has 1 aliphatic rings. The number of nitrogen functional groups attached to an aromatic ring is 1. The number of aromatic nitrogens is 4. The van der Waals surface area contributed by atoms with Crippen LogP contribution in [0.1, 0.15) is 25.8 Å². The maximum atomic E-state index is 16.9. The van der Waals surface area contributed by atoms with Crippen LogP contribution in [0, 0.1) is 12.7 Å². The molecule has 0 saturated carbocycles. The Hall–Kier alpha value is -3.23. The molecule has 5 rings (SSSR count). The Kier molecular flexibility index (Phi) is 9.00. The van der Waals surface area contributed by atoms with Crippen LogP contribution in [0.3, 0.4) is 0 Å². The summed E-state index contributed by atoms with van der Waals surface area (Å²) in [5, 5.41) is 9.01. The minimum atomic E-state index is -0.556. The summed E-state index contributed by atoms with van der Waals surface area (Å²) in [5.74, 6) is 0.506. The summed E-state index contributed by atoms with van der Waals surface area (Å²) in [6.07, 6.45) is 2.19. The molecular formula is C30H36ClFIN9O. The summed E-state index contributed by atoms with van der Waals surface area (Å²) in [4.78, 5) is 28.1. The molecule has 228 valence electrons. The van der Waals surface area contributed by atoms with Crippen LogP contribution in [0.5, 0.6) is 0 Å². The lowest BCUT2D eigenvalue weighted by Gasteiger charge is -2.44. The number of nitrogens with two attached hydrogens (primary N) is 1. The molecule has 1 amide bonds. The van der Waals surface area contributed by atoms with Crippen LogP contribution in [0.25, 0.3) is 32.9 Å². The monoisotopic (exact) mass is 719 g/mol. The first-order valence-electron chi connectivity index (χ1n) is 14.1. The molecular weight excluding hydrogens is 684 g/mol. The van der Waals surface area contributed by atoms with E-state index in [1.54, 1.807) is 13.9 Å². The van der Waals surface area contributed by atoms with Crippen molar-refractivity contribution in [2.75, 3.05) is 56.2 Å². The van der Waals surface area contributed by atoms with Gasteiger partial charge >= 0.3 is 0 Å². The highest BCUT2D eigenvalue weighted by atomic mass is 127. The zero-order valence-corrected chi connectivity index (χ0v) is 27.9. The molecule has 1 saturated heterocycles. The van der Waals surface area contributed by atoms with Gasteiger partial charge in [0, 0.05) is 48.2 Å². The van der Waals surface area contributed by atoms with Gasteiger partial charge < -0.3 is 25.8 Å². The van der Waals surface area contributed by atoms with Crippen LogP contribution < -0.4 is 16.0 Å². The Labute approximate surface area is 269 Å². The summed E-state index contributed by atoms with van der Waals surface area (Å²) in [7, 11) is 4.03. The number of aryl methyl sites for hydroxylation is 1. The Bertz CT molecular complexity index is 1730. The quantitative estimate of drug-likeness (QED) is 0.140. The lowest BCUT2D eigenvalue weighted by Crippen LogP contribution is -2.58. The van der Waals surface area contributed by atoms with Crippen molar-refractivity contribution in [2.24, 2.45) is 0 Å². The van der Waals surface area contributed by atoms with Gasteiger partial charge in [-0.15, -0.1) is 5.10 Å². The van der Waals surface area contributed by atoms with Crippen molar-refractivity contribution in [3.8, 4) is 11.1 Å². The van der Waals surface area contributed by atoms with Crippen molar-refractivity contribution in [2.45, 2.75) is 39.3 Å². The third kappa shape index (κ3) is 5.84. The lowest BCUT2D eigenvalue weighted by molar-refractivity contribution is -0.128. The normalized spacial score (nSPS) is 17.3. The minimum absolute atomic E-state index is 0.105. The molecule has 0 radical (unpaired) electrons. The van der Waals surface area contributed by atoms with Crippen molar-refractivity contribution in [1.82, 2.24) is 27.8 Å². The lowest BCUT2D eigenvalue weighted by atomic mass is 9.94. The topological polar surface area (TPSA) is 108 Å². The number of fused-ring (bicyclic) bond motifs is 2. The number of benzene rings is 2. The molecule has 3 N–H and O–H groups in total. The van der Waals surface area contributed by atoms with Crippen molar-refractivity contribution >= 4 is 79.8 Å². The highest BCUT2D eigenvalue weighted by Gasteiger charge is 2.34. The van der Waals surface area contributed by atoms with Gasteiger partial charge in [0.25, 0.3) is 0 Å². The van der Waals surface area contributed by atoms with Crippen LogP contribution in [-0.4, -0.2) is 86.0 Å². The zero-order chi connectivity index (χ0) is 31.2. The first kappa shape index (κ1) is 31.2. The van der Waals surface area contributed by atoms with Crippen molar-refractivity contribution in [3.63, 3.8) is 0 Å². The van der Waals surface area contributed by atoms with E-state index in [0.717, 1.165) is 24.0 Å². The maximum Gasteiger partial charge on any atom is 0.246 e.